The highest BCUT2D eigenvalue weighted by Crippen LogP contribution is 2.21. The Kier molecular flexibility index (Phi) is 7.69. The standard InChI is InChI=1S/C22H25N3O5S/c1-14(2)30-20-9-6-17(13-23-20)15(3)25-29-11-10-28-18-7-4-16(5-8-18)12-19-21(26)24-22(27)31-19/h4-9,13-14,25-26H,3,10-12H2,1-2H3,(H,24,27). The fourth-order valence-corrected chi connectivity index (χ4v) is 3.39. The molecule has 0 aliphatic rings. The lowest BCUT2D eigenvalue weighted by molar-refractivity contribution is 0.0541. The molecule has 0 fully saturated rings. The summed E-state index contributed by atoms with van der Waals surface area (Å²) in [6.07, 6.45) is 2.21. The molecule has 0 amide bonds. The average Bonchev–Trinajstić information content (AvgIpc) is 3.05. The molecule has 0 aliphatic heterocycles. The van der Waals surface area contributed by atoms with E-state index in [1.54, 1.807) is 12.3 Å². The van der Waals surface area contributed by atoms with Crippen molar-refractivity contribution < 1.29 is 19.4 Å². The zero-order valence-electron chi connectivity index (χ0n) is 17.4. The number of aromatic nitrogens is 2. The molecule has 1 aromatic carbocycles. The highest BCUT2D eigenvalue weighted by atomic mass is 32.1. The third kappa shape index (κ3) is 6.87. The highest BCUT2D eigenvalue weighted by Gasteiger charge is 2.08. The van der Waals surface area contributed by atoms with Crippen LogP contribution in [0.5, 0.6) is 17.5 Å². The molecule has 0 saturated heterocycles. The maximum atomic E-state index is 11.3. The van der Waals surface area contributed by atoms with E-state index in [2.05, 4.69) is 22.0 Å². The van der Waals surface area contributed by atoms with Gasteiger partial charge in [-0.1, -0.05) is 30.0 Å². The Balaban J connectivity index is 1.37. The van der Waals surface area contributed by atoms with Gasteiger partial charge in [0.15, 0.2) is 0 Å². The van der Waals surface area contributed by atoms with Gasteiger partial charge in [-0.15, -0.1) is 0 Å². The molecule has 3 N–H and O–H groups in total. The average molecular weight is 444 g/mol. The van der Waals surface area contributed by atoms with Crippen LogP contribution in [0.2, 0.25) is 0 Å². The zero-order chi connectivity index (χ0) is 22.2. The molecule has 0 saturated carbocycles. The Hall–Kier alpha value is -3.30. The summed E-state index contributed by atoms with van der Waals surface area (Å²) in [6.45, 7) is 8.48. The monoisotopic (exact) mass is 443 g/mol. The first-order chi connectivity index (χ1) is 14.9. The lowest BCUT2D eigenvalue weighted by Gasteiger charge is -2.12. The van der Waals surface area contributed by atoms with E-state index in [4.69, 9.17) is 14.3 Å². The van der Waals surface area contributed by atoms with Crippen LogP contribution < -0.4 is 19.8 Å². The van der Waals surface area contributed by atoms with Crippen LogP contribution in [0.1, 0.15) is 29.9 Å². The van der Waals surface area contributed by atoms with Crippen molar-refractivity contribution in [2.75, 3.05) is 13.2 Å². The number of hydrogen-bond donors (Lipinski definition) is 3. The summed E-state index contributed by atoms with van der Waals surface area (Å²) in [7, 11) is 0. The van der Waals surface area contributed by atoms with Crippen molar-refractivity contribution in [2.24, 2.45) is 0 Å². The van der Waals surface area contributed by atoms with Gasteiger partial charge in [0.25, 0.3) is 0 Å². The summed E-state index contributed by atoms with van der Waals surface area (Å²) >= 11 is 1.00. The summed E-state index contributed by atoms with van der Waals surface area (Å²) in [5, 5.41) is 9.66. The Morgan fingerprint density at radius 2 is 2.00 bits per heavy atom. The molecule has 0 radical (unpaired) electrons. The minimum absolute atomic E-state index is 0.0688. The lowest BCUT2D eigenvalue weighted by atomic mass is 10.1. The number of rotatable bonds is 11. The van der Waals surface area contributed by atoms with Crippen molar-refractivity contribution in [3.05, 3.63) is 74.8 Å². The van der Waals surface area contributed by atoms with Gasteiger partial charge in [0.2, 0.25) is 11.8 Å². The Morgan fingerprint density at radius 1 is 1.23 bits per heavy atom. The van der Waals surface area contributed by atoms with Crippen LogP contribution in [0, 0.1) is 0 Å². The highest BCUT2D eigenvalue weighted by molar-refractivity contribution is 7.09. The molecule has 164 valence electrons. The molecule has 3 rings (SSSR count). The third-order valence-electron chi connectivity index (χ3n) is 4.08. The van der Waals surface area contributed by atoms with E-state index in [1.165, 1.54) is 0 Å². The third-order valence-corrected chi connectivity index (χ3v) is 4.95. The second-order valence-electron chi connectivity index (χ2n) is 6.94. The largest absolute Gasteiger partial charge is 0.494 e. The first-order valence-corrected chi connectivity index (χ1v) is 10.5. The van der Waals surface area contributed by atoms with Crippen LogP contribution >= 0.6 is 11.3 Å². The number of aromatic hydroxyl groups is 1. The first-order valence-electron chi connectivity index (χ1n) is 9.73. The SMILES string of the molecule is C=C(NOCCOc1ccc(Cc2sc(=O)[nH]c2O)cc1)c1ccc(OC(C)C)nc1. The van der Waals surface area contributed by atoms with Gasteiger partial charge in [0.1, 0.15) is 19.0 Å². The van der Waals surface area contributed by atoms with Crippen molar-refractivity contribution in [3.63, 3.8) is 0 Å². The van der Waals surface area contributed by atoms with Gasteiger partial charge in [-0.05, 0) is 37.6 Å². The van der Waals surface area contributed by atoms with E-state index in [0.717, 1.165) is 22.5 Å². The Bertz CT molecular complexity index is 1040. The molecule has 0 bridgehead atoms. The fraction of sp³-hybridized carbons (Fsp3) is 0.273. The molecule has 0 atom stereocenters. The number of nitrogens with one attached hydrogen (secondary N) is 2. The topological polar surface area (TPSA) is 106 Å². The summed E-state index contributed by atoms with van der Waals surface area (Å²) in [6, 6.07) is 11.1. The van der Waals surface area contributed by atoms with Gasteiger partial charge in [0.05, 0.1) is 16.7 Å². The van der Waals surface area contributed by atoms with Gasteiger partial charge in [-0.2, -0.15) is 0 Å². The fourth-order valence-electron chi connectivity index (χ4n) is 2.63. The maximum absolute atomic E-state index is 11.3. The molecule has 2 heterocycles. The maximum Gasteiger partial charge on any atom is 0.307 e. The van der Waals surface area contributed by atoms with Crippen molar-refractivity contribution in [1.82, 2.24) is 15.4 Å². The van der Waals surface area contributed by atoms with Crippen LogP contribution in [-0.2, 0) is 11.3 Å². The minimum Gasteiger partial charge on any atom is -0.494 e. The molecule has 31 heavy (non-hydrogen) atoms. The van der Waals surface area contributed by atoms with Crippen molar-refractivity contribution in [2.45, 2.75) is 26.4 Å². The second-order valence-corrected chi connectivity index (χ2v) is 8.00. The molecule has 2 aromatic heterocycles. The summed E-state index contributed by atoms with van der Waals surface area (Å²) in [5.74, 6) is 1.19. The van der Waals surface area contributed by atoms with Gasteiger partial charge >= 0.3 is 4.87 Å². The molecule has 8 nitrogen and oxygen atoms in total. The molecule has 0 spiro atoms. The summed E-state index contributed by atoms with van der Waals surface area (Å²) < 4.78 is 11.2. The number of H-pyrrole nitrogens is 1. The normalized spacial score (nSPS) is 10.8. The van der Waals surface area contributed by atoms with E-state index in [9.17, 15) is 9.90 Å². The molecule has 0 unspecified atom stereocenters. The summed E-state index contributed by atoms with van der Waals surface area (Å²) in [4.78, 5) is 23.6. The second kappa shape index (κ2) is 10.6. The molecule has 9 heteroatoms. The molecule has 3 aromatic rings. The van der Waals surface area contributed by atoms with Crippen LogP contribution in [0.25, 0.3) is 5.70 Å². The number of aromatic amines is 1. The van der Waals surface area contributed by atoms with E-state index >= 15 is 0 Å². The van der Waals surface area contributed by atoms with Crippen LogP contribution in [0.3, 0.4) is 0 Å². The van der Waals surface area contributed by atoms with Crippen LogP contribution in [0.15, 0.2) is 54.0 Å². The number of thiazole rings is 1. The number of ether oxygens (including phenoxy) is 2. The molecule has 0 aliphatic carbocycles. The van der Waals surface area contributed by atoms with Gasteiger partial charge in [-0.3, -0.25) is 20.1 Å². The van der Waals surface area contributed by atoms with E-state index in [0.29, 0.717) is 41.8 Å². The molecular formula is C22H25N3O5S. The number of hydrogen-bond acceptors (Lipinski definition) is 8. The molecular weight excluding hydrogens is 418 g/mol. The lowest BCUT2D eigenvalue weighted by Crippen LogP contribution is -2.17. The minimum atomic E-state index is -0.267. The zero-order valence-corrected chi connectivity index (χ0v) is 18.2. The number of hydroxylamine groups is 1. The van der Waals surface area contributed by atoms with Crippen LogP contribution in [0.4, 0.5) is 0 Å². The van der Waals surface area contributed by atoms with Crippen LogP contribution in [-0.4, -0.2) is 34.4 Å². The Labute approximate surface area is 184 Å². The van der Waals surface area contributed by atoms with E-state index < -0.39 is 0 Å². The van der Waals surface area contributed by atoms with Crippen molar-refractivity contribution in [1.29, 1.82) is 0 Å². The first kappa shape index (κ1) is 22.4. The smallest absolute Gasteiger partial charge is 0.307 e. The van der Waals surface area contributed by atoms with Gasteiger partial charge in [0, 0.05) is 24.2 Å². The number of benzene rings is 1. The van der Waals surface area contributed by atoms with Crippen molar-refractivity contribution >= 4 is 17.0 Å². The van der Waals surface area contributed by atoms with Gasteiger partial charge in [-0.25, -0.2) is 4.98 Å². The van der Waals surface area contributed by atoms with E-state index in [1.807, 2.05) is 44.2 Å². The predicted molar refractivity (Wildman–Crippen MR) is 119 cm³/mol. The Morgan fingerprint density at radius 3 is 2.61 bits per heavy atom. The van der Waals surface area contributed by atoms with Gasteiger partial charge < -0.3 is 14.6 Å². The van der Waals surface area contributed by atoms with E-state index in [-0.39, 0.29) is 16.9 Å². The quantitative estimate of drug-likeness (QED) is 0.308. The number of nitrogens with zero attached hydrogens (tertiary/aromatic N) is 1. The predicted octanol–water partition coefficient (Wildman–Crippen LogP) is 3.49. The number of pyridine rings is 1. The van der Waals surface area contributed by atoms with Crippen molar-refractivity contribution in [3.8, 4) is 17.5 Å². The summed E-state index contributed by atoms with van der Waals surface area (Å²) in [5.41, 5.74) is 5.13.